The molecule has 12 atom stereocenters. The van der Waals surface area contributed by atoms with Crippen molar-refractivity contribution < 1.29 is 34.7 Å². The first-order valence-electron chi connectivity index (χ1n) is 16.6. The molecule has 4 aliphatic carbocycles. The lowest BCUT2D eigenvalue weighted by Gasteiger charge is -2.60. The predicted octanol–water partition coefficient (Wildman–Crippen LogP) is 4.24. The van der Waals surface area contributed by atoms with Crippen molar-refractivity contribution in [3.63, 3.8) is 0 Å². The van der Waals surface area contributed by atoms with Crippen LogP contribution in [0.1, 0.15) is 78.2 Å². The Morgan fingerprint density at radius 1 is 1.09 bits per heavy atom. The Kier molecular flexibility index (Phi) is 8.26. The number of hydrogen-bond acceptors (Lipinski definition) is 7. The first-order chi connectivity index (χ1) is 20.4. The van der Waals surface area contributed by atoms with E-state index in [4.69, 9.17) is 9.47 Å². The largest absolute Gasteiger partial charge is 0.396 e. The van der Waals surface area contributed by atoms with Crippen molar-refractivity contribution in [2.45, 2.75) is 109 Å². The van der Waals surface area contributed by atoms with Crippen LogP contribution in [0.2, 0.25) is 0 Å². The quantitative estimate of drug-likeness (QED) is 0.355. The van der Waals surface area contributed by atoms with Crippen LogP contribution in [0, 0.1) is 40.4 Å². The Labute approximate surface area is 256 Å². The number of benzene rings is 1. The van der Waals surface area contributed by atoms with E-state index in [9.17, 15) is 25.2 Å². The highest BCUT2D eigenvalue weighted by Crippen LogP contribution is 2.68. The first-order valence-corrected chi connectivity index (χ1v) is 16.6. The average molecular weight is 597 g/mol. The third kappa shape index (κ3) is 4.88. The van der Waals surface area contributed by atoms with Gasteiger partial charge in [0.15, 0.2) is 5.78 Å². The molecule has 1 aromatic carbocycles. The van der Waals surface area contributed by atoms with Crippen LogP contribution < -0.4 is 0 Å². The van der Waals surface area contributed by atoms with Gasteiger partial charge in [0.25, 0.3) is 0 Å². The van der Waals surface area contributed by atoms with E-state index in [1.54, 1.807) is 13.0 Å². The molecule has 238 valence electrons. The number of aliphatic hydroxyl groups excluding tert-OH is 2. The lowest BCUT2D eigenvalue weighted by atomic mass is 9.46. The van der Waals surface area contributed by atoms with Gasteiger partial charge < -0.3 is 29.9 Å². The number of ketones is 1. The van der Waals surface area contributed by atoms with Crippen LogP contribution in [-0.2, 0) is 20.7 Å². The van der Waals surface area contributed by atoms with Gasteiger partial charge >= 0.3 is 0 Å². The summed E-state index contributed by atoms with van der Waals surface area (Å²) in [4.78, 5) is 13.9. The van der Waals surface area contributed by atoms with Crippen LogP contribution in [0.25, 0.3) is 0 Å². The van der Waals surface area contributed by atoms with Gasteiger partial charge in [0.1, 0.15) is 6.10 Å². The minimum absolute atomic E-state index is 0.0633. The number of ether oxygens (including phenoxy) is 2. The maximum Gasteiger partial charge on any atom is 0.159 e. The van der Waals surface area contributed by atoms with Crippen molar-refractivity contribution in [1.29, 1.82) is 0 Å². The van der Waals surface area contributed by atoms with E-state index in [0.29, 0.717) is 32.5 Å². The Morgan fingerprint density at radius 3 is 2.56 bits per heavy atom. The summed E-state index contributed by atoms with van der Waals surface area (Å²) in [5.41, 5.74) is -1.60. The molecule has 1 aromatic rings. The minimum atomic E-state index is -1.53. The maximum atomic E-state index is 13.9. The molecule has 5 aliphatic rings. The highest BCUT2D eigenvalue weighted by atomic mass is 16.5. The molecule has 0 bridgehead atoms. The normalized spacial score (nSPS) is 44.6. The number of allylic oxidation sites excluding steroid dienone is 1. The topological polar surface area (TPSA) is 116 Å². The van der Waals surface area contributed by atoms with E-state index >= 15 is 0 Å². The first kappa shape index (κ1) is 31.4. The van der Waals surface area contributed by atoms with Gasteiger partial charge in [0, 0.05) is 23.9 Å². The molecular weight excluding hydrogens is 544 g/mol. The zero-order valence-electron chi connectivity index (χ0n) is 26.4. The zero-order valence-corrected chi connectivity index (χ0v) is 26.4. The standard InChI is InChI=1S/C36H52O7/c1-22-21-43-31(25(22)20-37)32(39)35(4,40)30-12-16-36(41)27-19-29(38)28-18-24(42-17-13-23-8-6-5-7-9-23)10-14-33(28,2)26(27)11-15-34(30,36)3/h5-9,19,22,24-26,28,30-32,37,39-41H,10-18,20-21H2,1-4H3/t22-,24-,25+,26-,28-,30-,31-,32+,33+,34+,35-,36+/m0/s1. The lowest BCUT2D eigenvalue weighted by Crippen LogP contribution is -2.63. The molecule has 7 heteroatoms. The van der Waals surface area contributed by atoms with E-state index in [0.717, 1.165) is 37.7 Å². The van der Waals surface area contributed by atoms with E-state index in [2.05, 4.69) is 19.1 Å². The smallest absolute Gasteiger partial charge is 0.159 e. The van der Waals surface area contributed by atoms with Crippen molar-refractivity contribution in [2.24, 2.45) is 40.4 Å². The molecular formula is C36H52O7. The molecule has 0 amide bonds. The number of aliphatic hydroxyl groups is 4. The van der Waals surface area contributed by atoms with Crippen molar-refractivity contribution >= 4 is 5.78 Å². The summed E-state index contributed by atoms with van der Waals surface area (Å²) in [6.45, 7) is 8.92. The van der Waals surface area contributed by atoms with Gasteiger partial charge in [0.05, 0.1) is 36.6 Å². The molecule has 4 fully saturated rings. The summed E-state index contributed by atoms with van der Waals surface area (Å²) in [5.74, 6) is -0.484. The van der Waals surface area contributed by atoms with Crippen LogP contribution in [0.3, 0.4) is 0 Å². The molecule has 4 N–H and O–H groups in total. The van der Waals surface area contributed by atoms with Crippen molar-refractivity contribution in [3.05, 3.63) is 47.5 Å². The number of rotatable bonds is 8. The molecule has 0 unspecified atom stereocenters. The van der Waals surface area contributed by atoms with E-state index in [-0.39, 0.29) is 47.6 Å². The Hall–Kier alpha value is -1.61. The molecule has 1 aliphatic heterocycles. The van der Waals surface area contributed by atoms with Gasteiger partial charge in [-0.15, -0.1) is 0 Å². The summed E-state index contributed by atoms with van der Waals surface area (Å²) in [7, 11) is 0. The monoisotopic (exact) mass is 596 g/mol. The number of carbonyl (C=O) groups is 1. The van der Waals surface area contributed by atoms with Crippen LogP contribution in [0.15, 0.2) is 42.0 Å². The van der Waals surface area contributed by atoms with E-state index in [1.807, 2.05) is 32.0 Å². The molecule has 0 radical (unpaired) electrons. The van der Waals surface area contributed by atoms with Gasteiger partial charge in [-0.1, -0.05) is 51.1 Å². The summed E-state index contributed by atoms with van der Waals surface area (Å²) in [6, 6.07) is 10.3. The third-order valence-corrected chi connectivity index (χ3v) is 13.2. The molecule has 0 aromatic heterocycles. The van der Waals surface area contributed by atoms with Gasteiger partial charge in [-0.3, -0.25) is 4.79 Å². The molecule has 1 heterocycles. The molecule has 1 saturated heterocycles. The maximum absolute atomic E-state index is 13.9. The Balaban J connectivity index is 1.20. The summed E-state index contributed by atoms with van der Waals surface area (Å²) in [5, 5.41) is 46.1. The number of hydrogen-bond donors (Lipinski definition) is 4. The van der Waals surface area contributed by atoms with Crippen molar-refractivity contribution in [1.82, 2.24) is 0 Å². The Morgan fingerprint density at radius 2 is 1.84 bits per heavy atom. The van der Waals surface area contributed by atoms with Gasteiger partial charge in [-0.05, 0) is 98.7 Å². The van der Waals surface area contributed by atoms with Crippen molar-refractivity contribution in [2.75, 3.05) is 19.8 Å². The minimum Gasteiger partial charge on any atom is -0.396 e. The highest BCUT2D eigenvalue weighted by Gasteiger charge is 2.69. The van der Waals surface area contributed by atoms with E-state index < -0.39 is 34.7 Å². The van der Waals surface area contributed by atoms with Gasteiger partial charge in [0.2, 0.25) is 0 Å². The van der Waals surface area contributed by atoms with Crippen LogP contribution in [0.4, 0.5) is 0 Å². The zero-order chi connectivity index (χ0) is 30.8. The van der Waals surface area contributed by atoms with E-state index in [1.165, 1.54) is 5.56 Å². The summed E-state index contributed by atoms with van der Waals surface area (Å²) in [6.07, 6.45) is 5.86. The summed E-state index contributed by atoms with van der Waals surface area (Å²) >= 11 is 0. The molecule has 6 rings (SSSR count). The van der Waals surface area contributed by atoms with Crippen molar-refractivity contribution in [3.8, 4) is 0 Å². The fraction of sp³-hybridized carbons (Fsp3) is 0.750. The average Bonchev–Trinajstić information content (AvgIpc) is 3.50. The molecule has 43 heavy (non-hydrogen) atoms. The van der Waals surface area contributed by atoms with Gasteiger partial charge in [-0.25, -0.2) is 0 Å². The Bertz CT molecular complexity index is 1210. The second-order valence-electron chi connectivity index (χ2n) is 15.3. The second-order valence-corrected chi connectivity index (χ2v) is 15.3. The number of fused-ring (bicyclic) bond motifs is 5. The van der Waals surface area contributed by atoms with Gasteiger partial charge in [-0.2, -0.15) is 0 Å². The predicted molar refractivity (Wildman–Crippen MR) is 163 cm³/mol. The second kappa shape index (κ2) is 11.3. The molecule has 3 saturated carbocycles. The van der Waals surface area contributed by atoms with Crippen LogP contribution in [0.5, 0.6) is 0 Å². The third-order valence-electron chi connectivity index (χ3n) is 13.2. The summed E-state index contributed by atoms with van der Waals surface area (Å²) < 4.78 is 12.2. The molecule has 7 nitrogen and oxygen atoms in total. The number of carbonyl (C=O) groups excluding carboxylic acids is 1. The highest BCUT2D eigenvalue weighted by molar-refractivity contribution is 5.95. The van der Waals surface area contributed by atoms with Crippen LogP contribution >= 0.6 is 0 Å². The fourth-order valence-electron chi connectivity index (χ4n) is 10.4. The fourth-order valence-corrected chi connectivity index (χ4v) is 10.4. The SMILES string of the molecule is C[C@H]1CO[C@H]([C@@H](O)[C@@](C)(O)[C@H]2CC[C@@]3(O)C4=CC(=O)[C@@H]5C[C@@H](OCCc6ccccc6)CC[C@]5(C)[C@H]4CC[C@]23C)[C@@H]1CO. The lowest BCUT2D eigenvalue weighted by molar-refractivity contribution is -0.194. The van der Waals surface area contributed by atoms with Crippen LogP contribution in [-0.4, -0.2) is 75.5 Å². The molecule has 0 spiro atoms.